The lowest BCUT2D eigenvalue weighted by atomic mass is 10.5. The van der Waals surface area contributed by atoms with E-state index in [-0.39, 0.29) is 24.5 Å². The van der Waals surface area contributed by atoms with Crippen LogP contribution in [0, 0.1) is 0 Å². The van der Waals surface area contributed by atoms with Crippen LogP contribution in [0.4, 0.5) is 0 Å². The first-order valence-electron chi connectivity index (χ1n) is 4.67. The third kappa shape index (κ3) is 8.99. The van der Waals surface area contributed by atoms with Gasteiger partial charge < -0.3 is 15.4 Å². The minimum Gasteiger partial charge on any atom is -0.462 e. The van der Waals surface area contributed by atoms with Gasteiger partial charge in [-0.25, -0.2) is 0 Å². The highest BCUT2D eigenvalue weighted by molar-refractivity contribution is 5.73. The highest BCUT2D eigenvalue weighted by Gasteiger charge is 2.03. The first-order chi connectivity index (χ1) is 6.52. The maximum absolute atomic E-state index is 11.0. The van der Waals surface area contributed by atoms with E-state index < -0.39 is 0 Å². The molecular formula is C9H18N2O3. The first kappa shape index (κ1) is 12.9. The fourth-order valence-corrected chi connectivity index (χ4v) is 0.822. The lowest BCUT2D eigenvalue weighted by molar-refractivity contribution is -0.146. The van der Waals surface area contributed by atoms with Crippen molar-refractivity contribution < 1.29 is 14.3 Å². The molecule has 0 bridgehead atoms. The van der Waals surface area contributed by atoms with Gasteiger partial charge in [0, 0.05) is 20.0 Å². The largest absolute Gasteiger partial charge is 0.462 e. The summed E-state index contributed by atoms with van der Waals surface area (Å²) in [5.41, 5.74) is 0. The van der Waals surface area contributed by atoms with Crippen molar-refractivity contribution in [2.45, 2.75) is 26.9 Å². The summed E-state index contributed by atoms with van der Waals surface area (Å²) in [5, 5.41) is 5.46. The molecule has 14 heavy (non-hydrogen) atoms. The number of esters is 1. The molecule has 0 aliphatic rings. The molecule has 82 valence electrons. The third-order valence-electron chi connectivity index (χ3n) is 1.31. The van der Waals surface area contributed by atoms with Crippen LogP contribution in [0.1, 0.15) is 20.8 Å². The van der Waals surface area contributed by atoms with Gasteiger partial charge in [-0.3, -0.25) is 9.59 Å². The second kappa shape index (κ2) is 7.32. The Labute approximate surface area is 84.2 Å². The van der Waals surface area contributed by atoms with E-state index in [2.05, 4.69) is 10.6 Å². The number of hydrogen-bond acceptors (Lipinski definition) is 4. The third-order valence-corrected chi connectivity index (χ3v) is 1.31. The average Bonchev–Trinajstić information content (AvgIpc) is 2.01. The Bertz CT molecular complexity index is 192. The van der Waals surface area contributed by atoms with E-state index in [1.165, 1.54) is 6.92 Å². The number of ether oxygens (including phenoxy) is 1. The predicted molar refractivity (Wildman–Crippen MR) is 52.8 cm³/mol. The van der Waals surface area contributed by atoms with E-state index in [1.807, 2.05) is 0 Å². The van der Waals surface area contributed by atoms with Gasteiger partial charge in [-0.15, -0.1) is 0 Å². The van der Waals surface area contributed by atoms with Gasteiger partial charge in [-0.05, 0) is 13.8 Å². The number of carbonyl (C=O) groups excluding carboxylic acids is 2. The fourth-order valence-electron chi connectivity index (χ4n) is 0.822. The van der Waals surface area contributed by atoms with Crippen molar-refractivity contribution in [3.05, 3.63) is 0 Å². The summed E-state index contributed by atoms with van der Waals surface area (Å²) in [6.07, 6.45) is -0.0837. The van der Waals surface area contributed by atoms with Crippen molar-refractivity contribution in [2.24, 2.45) is 0 Å². The summed E-state index contributed by atoms with van der Waals surface area (Å²) in [6, 6.07) is 0. The van der Waals surface area contributed by atoms with Crippen molar-refractivity contribution in [1.29, 1.82) is 0 Å². The van der Waals surface area contributed by atoms with Crippen LogP contribution in [0.3, 0.4) is 0 Å². The molecule has 0 aromatic carbocycles. The molecule has 2 N–H and O–H groups in total. The van der Waals surface area contributed by atoms with Crippen LogP contribution in [0.2, 0.25) is 0 Å². The number of nitrogens with one attached hydrogen (secondary N) is 2. The molecule has 5 nitrogen and oxygen atoms in total. The smallest absolute Gasteiger partial charge is 0.320 e. The van der Waals surface area contributed by atoms with Gasteiger partial charge in [0.05, 0.1) is 12.6 Å². The maximum Gasteiger partial charge on any atom is 0.320 e. The van der Waals surface area contributed by atoms with Gasteiger partial charge in [-0.1, -0.05) is 0 Å². The molecular weight excluding hydrogens is 184 g/mol. The Hall–Kier alpha value is -1.10. The molecule has 0 unspecified atom stereocenters. The molecule has 1 amide bonds. The average molecular weight is 202 g/mol. The van der Waals surface area contributed by atoms with Gasteiger partial charge in [-0.2, -0.15) is 0 Å². The number of amides is 1. The molecule has 0 fully saturated rings. The lowest BCUT2D eigenvalue weighted by Crippen LogP contribution is -2.34. The molecule has 0 saturated carbocycles. The van der Waals surface area contributed by atoms with E-state index in [9.17, 15) is 9.59 Å². The van der Waals surface area contributed by atoms with Crippen LogP contribution in [-0.2, 0) is 14.3 Å². The summed E-state index contributed by atoms with van der Waals surface area (Å²) in [4.78, 5) is 21.4. The van der Waals surface area contributed by atoms with Crippen LogP contribution in [0.5, 0.6) is 0 Å². The molecule has 0 atom stereocenters. The summed E-state index contributed by atoms with van der Waals surface area (Å²) < 4.78 is 4.89. The monoisotopic (exact) mass is 202 g/mol. The van der Waals surface area contributed by atoms with E-state index in [0.717, 1.165) is 0 Å². The zero-order chi connectivity index (χ0) is 11.0. The Morgan fingerprint density at radius 3 is 2.43 bits per heavy atom. The van der Waals surface area contributed by atoms with E-state index in [4.69, 9.17) is 4.74 Å². The van der Waals surface area contributed by atoms with Gasteiger partial charge in [0.1, 0.15) is 0 Å². The van der Waals surface area contributed by atoms with E-state index in [1.54, 1.807) is 13.8 Å². The second-order valence-corrected chi connectivity index (χ2v) is 3.20. The molecule has 0 aliphatic carbocycles. The lowest BCUT2D eigenvalue weighted by Gasteiger charge is -2.08. The summed E-state index contributed by atoms with van der Waals surface area (Å²) >= 11 is 0. The van der Waals surface area contributed by atoms with Crippen molar-refractivity contribution in [3.63, 3.8) is 0 Å². The molecule has 0 heterocycles. The zero-order valence-corrected chi connectivity index (χ0v) is 8.92. The Morgan fingerprint density at radius 2 is 1.93 bits per heavy atom. The molecule has 0 radical (unpaired) electrons. The molecule has 0 aromatic rings. The maximum atomic E-state index is 11.0. The highest BCUT2D eigenvalue weighted by atomic mass is 16.5. The first-order valence-corrected chi connectivity index (χ1v) is 4.67. The second-order valence-electron chi connectivity index (χ2n) is 3.20. The standard InChI is InChI=1S/C9H18N2O3/c1-7(2)14-9(13)6-10-4-5-11-8(3)12/h7,10H,4-6H2,1-3H3,(H,11,12). The van der Waals surface area contributed by atoms with Crippen LogP contribution in [0.15, 0.2) is 0 Å². The van der Waals surface area contributed by atoms with Gasteiger partial charge in [0.25, 0.3) is 0 Å². The Kier molecular flexibility index (Phi) is 6.74. The minimum atomic E-state index is -0.275. The van der Waals surface area contributed by atoms with Gasteiger partial charge in [0.15, 0.2) is 0 Å². The minimum absolute atomic E-state index is 0.0726. The van der Waals surface area contributed by atoms with Crippen LogP contribution in [0.25, 0.3) is 0 Å². The number of carbonyl (C=O) groups is 2. The van der Waals surface area contributed by atoms with Crippen molar-refractivity contribution in [1.82, 2.24) is 10.6 Å². The van der Waals surface area contributed by atoms with Crippen LogP contribution < -0.4 is 10.6 Å². The summed E-state index contributed by atoms with van der Waals surface area (Å²) in [6.45, 7) is 6.31. The van der Waals surface area contributed by atoms with Crippen molar-refractivity contribution >= 4 is 11.9 Å². The normalized spacial score (nSPS) is 10.0. The molecule has 0 aromatic heterocycles. The summed E-state index contributed by atoms with van der Waals surface area (Å²) in [7, 11) is 0. The molecule has 0 saturated heterocycles. The quantitative estimate of drug-likeness (QED) is 0.457. The molecule has 0 spiro atoms. The Morgan fingerprint density at radius 1 is 1.29 bits per heavy atom. The Balaban J connectivity index is 3.27. The number of hydrogen-bond donors (Lipinski definition) is 2. The van der Waals surface area contributed by atoms with Crippen LogP contribution in [-0.4, -0.2) is 37.6 Å². The molecule has 0 aliphatic heterocycles. The SMILES string of the molecule is CC(=O)NCCNCC(=O)OC(C)C. The van der Waals surface area contributed by atoms with Gasteiger partial charge in [0.2, 0.25) is 5.91 Å². The van der Waals surface area contributed by atoms with Crippen molar-refractivity contribution in [2.75, 3.05) is 19.6 Å². The predicted octanol–water partition coefficient (Wildman–Crippen LogP) is -0.336. The summed E-state index contributed by atoms with van der Waals surface area (Å²) in [5.74, 6) is -0.348. The van der Waals surface area contributed by atoms with E-state index >= 15 is 0 Å². The van der Waals surface area contributed by atoms with Crippen molar-refractivity contribution in [3.8, 4) is 0 Å². The van der Waals surface area contributed by atoms with E-state index in [0.29, 0.717) is 13.1 Å². The highest BCUT2D eigenvalue weighted by Crippen LogP contribution is 1.86. The molecule has 5 heteroatoms. The fraction of sp³-hybridized carbons (Fsp3) is 0.778. The zero-order valence-electron chi connectivity index (χ0n) is 8.92. The van der Waals surface area contributed by atoms with Gasteiger partial charge >= 0.3 is 5.97 Å². The van der Waals surface area contributed by atoms with Crippen LogP contribution >= 0.6 is 0 Å². The topological polar surface area (TPSA) is 67.4 Å². The molecule has 0 rings (SSSR count). The number of rotatable bonds is 6.